The van der Waals surface area contributed by atoms with E-state index in [9.17, 15) is 9.90 Å². The number of hydrogen-bond acceptors (Lipinski definition) is 5. The first kappa shape index (κ1) is 14.1. The third kappa shape index (κ3) is 3.00. The molecule has 0 saturated carbocycles. The van der Waals surface area contributed by atoms with E-state index in [0.717, 1.165) is 5.56 Å². The molecule has 1 aromatic heterocycles. The molecule has 0 aliphatic carbocycles. The number of rotatable bonds is 5. The smallest absolute Gasteiger partial charge is 0.251 e. The van der Waals surface area contributed by atoms with E-state index in [2.05, 4.69) is 25.9 Å². The number of tetrazole rings is 1. The van der Waals surface area contributed by atoms with Crippen LogP contribution in [0.5, 0.6) is 0 Å². The zero-order chi connectivity index (χ0) is 14.6. The summed E-state index contributed by atoms with van der Waals surface area (Å²) in [6.07, 6.45) is 0.649. The molecule has 0 radical (unpaired) electrons. The van der Waals surface area contributed by atoms with Crippen LogP contribution in [0.15, 0.2) is 24.3 Å². The normalized spacial score (nSPS) is 13.8. The van der Waals surface area contributed by atoms with Crippen LogP contribution in [0.25, 0.3) is 11.4 Å². The van der Waals surface area contributed by atoms with Crippen molar-refractivity contribution < 1.29 is 9.90 Å². The standard InChI is InChI=1S/C13H17N5O2/c1-3-13(2,8-19)14-12(20)10-6-4-9(5-7-10)11-15-17-18-16-11/h4-7,19H,3,8H2,1-2H3,(H,14,20)(H,15,16,17,18). The van der Waals surface area contributed by atoms with Gasteiger partial charge >= 0.3 is 0 Å². The van der Waals surface area contributed by atoms with Crippen molar-refractivity contribution in [2.24, 2.45) is 0 Å². The van der Waals surface area contributed by atoms with E-state index >= 15 is 0 Å². The van der Waals surface area contributed by atoms with Gasteiger partial charge in [-0.1, -0.05) is 19.1 Å². The molecule has 0 aliphatic rings. The Kier molecular flexibility index (Phi) is 4.09. The Labute approximate surface area is 116 Å². The van der Waals surface area contributed by atoms with E-state index in [1.54, 1.807) is 31.2 Å². The number of amides is 1. The van der Waals surface area contributed by atoms with Gasteiger partial charge in [-0.2, -0.15) is 5.21 Å². The highest BCUT2D eigenvalue weighted by molar-refractivity contribution is 5.95. The van der Waals surface area contributed by atoms with Crippen LogP contribution in [0.3, 0.4) is 0 Å². The van der Waals surface area contributed by atoms with E-state index in [-0.39, 0.29) is 12.5 Å². The monoisotopic (exact) mass is 275 g/mol. The molecule has 2 aromatic rings. The van der Waals surface area contributed by atoms with Gasteiger partial charge in [-0.25, -0.2) is 0 Å². The third-order valence-electron chi connectivity index (χ3n) is 3.30. The molecular weight excluding hydrogens is 258 g/mol. The van der Waals surface area contributed by atoms with Gasteiger partial charge < -0.3 is 10.4 Å². The number of aromatic nitrogens is 4. The van der Waals surface area contributed by atoms with E-state index < -0.39 is 5.54 Å². The summed E-state index contributed by atoms with van der Waals surface area (Å²) in [6.45, 7) is 3.62. The average molecular weight is 275 g/mol. The van der Waals surface area contributed by atoms with Crippen molar-refractivity contribution in [3.8, 4) is 11.4 Å². The van der Waals surface area contributed by atoms with E-state index in [1.807, 2.05) is 6.92 Å². The van der Waals surface area contributed by atoms with Gasteiger partial charge in [0.1, 0.15) is 0 Å². The van der Waals surface area contributed by atoms with Crippen molar-refractivity contribution in [2.45, 2.75) is 25.8 Å². The minimum absolute atomic E-state index is 0.101. The van der Waals surface area contributed by atoms with Crippen LogP contribution >= 0.6 is 0 Å². The fraction of sp³-hybridized carbons (Fsp3) is 0.385. The van der Waals surface area contributed by atoms with Gasteiger partial charge in [-0.3, -0.25) is 4.79 Å². The molecule has 1 aromatic carbocycles. The summed E-state index contributed by atoms with van der Waals surface area (Å²) in [5.41, 5.74) is 0.685. The Bertz CT molecular complexity index is 561. The fourth-order valence-corrected chi connectivity index (χ4v) is 1.64. The molecular formula is C13H17N5O2. The number of aliphatic hydroxyl groups excluding tert-OH is 1. The molecule has 0 saturated heterocycles. The lowest BCUT2D eigenvalue weighted by atomic mass is 9.99. The molecule has 2 rings (SSSR count). The highest BCUT2D eigenvalue weighted by Gasteiger charge is 2.23. The topological polar surface area (TPSA) is 104 Å². The number of nitrogens with zero attached hydrogens (tertiary/aromatic N) is 3. The van der Waals surface area contributed by atoms with Crippen LogP contribution < -0.4 is 5.32 Å². The molecule has 0 bridgehead atoms. The van der Waals surface area contributed by atoms with Gasteiger partial charge in [0.2, 0.25) is 5.82 Å². The predicted octanol–water partition coefficient (Wildman–Crippen LogP) is 0.757. The second-order valence-corrected chi connectivity index (χ2v) is 4.84. The molecule has 1 heterocycles. The van der Waals surface area contributed by atoms with Crippen LogP contribution in [0, 0.1) is 0 Å². The number of carbonyl (C=O) groups is 1. The minimum atomic E-state index is -0.608. The van der Waals surface area contributed by atoms with Gasteiger partial charge in [-0.05, 0) is 30.7 Å². The maximum atomic E-state index is 12.1. The largest absolute Gasteiger partial charge is 0.394 e. The lowest BCUT2D eigenvalue weighted by molar-refractivity contribution is 0.0847. The molecule has 7 heteroatoms. The molecule has 3 N–H and O–H groups in total. The summed E-state index contributed by atoms with van der Waals surface area (Å²) in [5, 5.41) is 25.7. The number of aromatic amines is 1. The molecule has 0 spiro atoms. The number of carbonyl (C=O) groups excluding carboxylic acids is 1. The van der Waals surface area contributed by atoms with Crippen LogP contribution in [0.2, 0.25) is 0 Å². The zero-order valence-corrected chi connectivity index (χ0v) is 11.4. The Morgan fingerprint density at radius 2 is 2.10 bits per heavy atom. The summed E-state index contributed by atoms with van der Waals surface area (Å²) in [6, 6.07) is 6.88. The molecule has 0 fully saturated rings. The number of benzene rings is 1. The highest BCUT2D eigenvalue weighted by atomic mass is 16.3. The molecule has 1 amide bonds. The molecule has 1 atom stereocenters. The minimum Gasteiger partial charge on any atom is -0.394 e. The maximum Gasteiger partial charge on any atom is 0.251 e. The zero-order valence-electron chi connectivity index (χ0n) is 11.4. The average Bonchev–Trinajstić information content (AvgIpc) is 3.01. The summed E-state index contributed by atoms with van der Waals surface area (Å²) < 4.78 is 0. The molecule has 20 heavy (non-hydrogen) atoms. The van der Waals surface area contributed by atoms with Crippen LogP contribution in [0.4, 0.5) is 0 Å². The van der Waals surface area contributed by atoms with E-state index in [1.165, 1.54) is 0 Å². The lowest BCUT2D eigenvalue weighted by Crippen LogP contribution is -2.48. The number of nitrogens with one attached hydrogen (secondary N) is 2. The van der Waals surface area contributed by atoms with Gasteiger partial charge in [0.05, 0.1) is 12.1 Å². The molecule has 1 unspecified atom stereocenters. The Morgan fingerprint density at radius 3 is 2.60 bits per heavy atom. The number of H-pyrrole nitrogens is 1. The second-order valence-electron chi connectivity index (χ2n) is 4.84. The van der Waals surface area contributed by atoms with Gasteiger partial charge in [0, 0.05) is 11.1 Å². The second kappa shape index (κ2) is 5.79. The van der Waals surface area contributed by atoms with Gasteiger partial charge in [0.25, 0.3) is 5.91 Å². The van der Waals surface area contributed by atoms with Crippen molar-refractivity contribution >= 4 is 5.91 Å². The first-order valence-corrected chi connectivity index (χ1v) is 6.35. The lowest BCUT2D eigenvalue weighted by Gasteiger charge is -2.27. The van der Waals surface area contributed by atoms with E-state index in [0.29, 0.717) is 17.8 Å². The summed E-state index contributed by atoms with van der Waals surface area (Å²) in [7, 11) is 0. The maximum absolute atomic E-state index is 12.1. The van der Waals surface area contributed by atoms with Crippen LogP contribution in [-0.4, -0.2) is 43.8 Å². The fourth-order valence-electron chi connectivity index (χ4n) is 1.64. The third-order valence-corrected chi connectivity index (χ3v) is 3.30. The Balaban J connectivity index is 2.12. The summed E-state index contributed by atoms with van der Waals surface area (Å²) in [4.78, 5) is 12.1. The van der Waals surface area contributed by atoms with Gasteiger partial charge in [0.15, 0.2) is 0 Å². The van der Waals surface area contributed by atoms with Gasteiger partial charge in [-0.15, -0.1) is 10.2 Å². The SMILES string of the molecule is CCC(C)(CO)NC(=O)c1ccc(-c2nn[nH]n2)cc1. The molecule has 0 aliphatic heterocycles. The summed E-state index contributed by atoms with van der Waals surface area (Å²) >= 11 is 0. The van der Waals surface area contributed by atoms with E-state index in [4.69, 9.17) is 0 Å². The predicted molar refractivity (Wildman–Crippen MR) is 72.9 cm³/mol. The first-order chi connectivity index (χ1) is 9.58. The van der Waals surface area contributed by atoms with Crippen LogP contribution in [0.1, 0.15) is 30.6 Å². The molecule has 106 valence electrons. The van der Waals surface area contributed by atoms with Crippen molar-refractivity contribution in [3.63, 3.8) is 0 Å². The van der Waals surface area contributed by atoms with Crippen molar-refractivity contribution in [2.75, 3.05) is 6.61 Å². The Morgan fingerprint density at radius 1 is 1.40 bits per heavy atom. The number of hydrogen-bond donors (Lipinski definition) is 3. The summed E-state index contributed by atoms with van der Waals surface area (Å²) in [5.74, 6) is 0.258. The van der Waals surface area contributed by atoms with Crippen molar-refractivity contribution in [3.05, 3.63) is 29.8 Å². The first-order valence-electron chi connectivity index (χ1n) is 6.35. The van der Waals surface area contributed by atoms with Crippen molar-refractivity contribution in [1.29, 1.82) is 0 Å². The van der Waals surface area contributed by atoms with Crippen molar-refractivity contribution in [1.82, 2.24) is 25.9 Å². The van der Waals surface area contributed by atoms with Crippen LogP contribution in [-0.2, 0) is 0 Å². The molecule has 7 nitrogen and oxygen atoms in total. The number of aliphatic hydroxyl groups is 1. The Hall–Kier alpha value is -2.28. The quantitative estimate of drug-likeness (QED) is 0.747. The highest BCUT2D eigenvalue weighted by Crippen LogP contribution is 2.15.